The maximum atomic E-state index is 4.02. The zero-order chi connectivity index (χ0) is 9.97. The van der Waals surface area contributed by atoms with Gasteiger partial charge in [0.1, 0.15) is 0 Å². The average Bonchev–Trinajstić information content (AvgIpc) is 2.21. The molecule has 0 aliphatic heterocycles. The first-order valence-electron chi connectivity index (χ1n) is 3.77. The lowest BCUT2D eigenvalue weighted by Crippen LogP contribution is -2.01. The van der Waals surface area contributed by atoms with Gasteiger partial charge >= 0.3 is 0 Å². The summed E-state index contributed by atoms with van der Waals surface area (Å²) in [6.45, 7) is 1.71. The number of nitrogens with zero attached hydrogens (tertiary/aromatic N) is 6. The lowest BCUT2D eigenvalue weighted by Gasteiger charge is -1.95. The van der Waals surface area contributed by atoms with E-state index in [4.69, 9.17) is 0 Å². The summed E-state index contributed by atoms with van der Waals surface area (Å²) in [6.07, 6.45) is 3.23. The van der Waals surface area contributed by atoms with Crippen molar-refractivity contribution in [2.45, 2.75) is 6.92 Å². The van der Waals surface area contributed by atoms with Crippen molar-refractivity contribution in [2.75, 3.05) is 0 Å². The predicted molar refractivity (Wildman–Crippen MR) is 51.1 cm³/mol. The Kier molecular flexibility index (Phi) is 2.40. The van der Waals surface area contributed by atoms with Crippen molar-refractivity contribution in [3.05, 3.63) is 22.7 Å². The van der Waals surface area contributed by atoms with Crippen molar-refractivity contribution < 1.29 is 0 Å². The van der Waals surface area contributed by atoms with Gasteiger partial charge in [-0.05, 0) is 22.9 Å². The van der Waals surface area contributed by atoms with Gasteiger partial charge in [0.2, 0.25) is 11.6 Å². The van der Waals surface area contributed by atoms with Crippen LogP contribution in [0, 0.1) is 6.92 Å². The smallest absolute Gasteiger partial charge is 0.232 e. The minimum absolute atomic E-state index is 0.322. The number of hydrogen-bond acceptors (Lipinski definition) is 6. The molecule has 0 N–H and O–H groups in total. The van der Waals surface area contributed by atoms with E-state index < -0.39 is 0 Å². The van der Waals surface area contributed by atoms with Crippen LogP contribution in [0.3, 0.4) is 0 Å². The quantitative estimate of drug-likeness (QED) is 0.747. The van der Waals surface area contributed by atoms with Crippen LogP contribution in [0.2, 0.25) is 0 Å². The molecule has 0 aliphatic rings. The highest BCUT2D eigenvalue weighted by atomic mass is 79.9. The van der Waals surface area contributed by atoms with Crippen LogP contribution >= 0.6 is 15.9 Å². The standard InChI is InChI=1S/C7H5BrN6/c1-4-11-13-7(14-12-4)6-9-2-5(8)3-10-6/h2-3H,1H3. The van der Waals surface area contributed by atoms with E-state index in [1.807, 2.05) is 0 Å². The molecule has 0 saturated heterocycles. The van der Waals surface area contributed by atoms with Crippen LogP contribution in [0.25, 0.3) is 11.6 Å². The number of halogens is 1. The molecule has 0 amide bonds. The van der Waals surface area contributed by atoms with E-state index in [0.29, 0.717) is 17.5 Å². The Morgan fingerprint density at radius 1 is 0.929 bits per heavy atom. The zero-order valence-corrected chi connectivity index (χ0v) is 8.80. The highest BCUT2D eigenvalue weighted by molar-refractivity contribution is 9.10. The Labute approximate surface area is 88.0 Å². The molecule has 0 spiro atoms. The fourth-order valence-electron chi connectivity index (χ4n) is 0.797. The van der Waals surface area contributed by atoms with Crippen molar-refractivity contribution in [1.29, 1.82) is 0 Å². The number of hydrogen-bond donors (Lipinski definition) is 0. The van der Waals surface area contributed by atoms with Crippen LogP contribution < -0.4 is 0 Å². The predicted octanol–water partition coefficient (Wildman–Crippen LogP) is 0.795. The molecule has 2 aromatic heterocycles. The zero-order valence-electron chi connectivity index (χ0n) is 7.22. The van der Waals surface area contributed by atoms with Crippen molar-refractivity contribution in [2.24, 2.45) is 0 Å². The first kappa shape index (κ1) is 9.07. The lowest BCUT2D eigenvalue weighted by atomic mass is 10.5. The first-order chi connectivity index (χ1) is 6.75. The highest BCUT2D eigenvalue weighted by Crippen LogP contribution is 2.09. The molecule has 0 atom stereocenters. The fourth-order valence-corrected chi connectivity index (χ4v) is 1.00. The van der Waals surface area contributed by atoms with Crippen LogP contribution in [0.1, 0.15) is 5.82 Å². The third kappa shape index (κ3) is 1.87. The molecular weight excluding hydrogens is 248 g/mol. The van der Waals surface area contributed by atoms with E-state index in [1.54, 1.807) is 19.3 Å². The van der Waals surface area contributed by atoms with Crippen molar-refractivity contribution in [1.82, 2.24) is 30.4 Å². The topological polar surface area (TPSA) is 77.3 Å². The lowest BCUT2D eigenvalue weighted by molar-refractivity contribution is 0.806. The second kappa shape index (κ2) is 3.70. The van der Waals surface area contributed by atoms with Gasteiger partial charge in [0.05, 0.1) is 4.47 Å². The molecule has 14 heavy (non-hydrogen) atoms. The van der Waals surface area contributed by atoms with Gasteiger partial charge in [-0.1, -0.05) is 0 Å². The van der Waals surface area contributed by atoms with Crippen LogP contribution in [0.15, 0.2) is 16.9 Å². The normalized spacial score (nSPS) is 10.1. The van der Waals surface area contributed by atoms with Crippen LogP contribution in [0.5, 0.6) is 0 Å². The van der Waals surface area contributed by atoms with Crippen LogP contribution in [0.4, 0.5) is 0 Å². The molecule has 6 nitrogen and oxygen atoms in total. The molecule has 0 unspecified atom stereocenters. The third-order valence-electron chi connectivity index (χ3n) is 1.40. The van der Waals surface area contributed by atoms with Gasteiger partial charge in [0.25, 0.3) is 0 Å². The van der Waals surface area contributed by atoms with Crippen molar-refractivity contribution in [3.63, 3.8) is 0 Å². The average molecular weight is 253 g/mol. The maximum Gasteiger partial charge on any atom is 0.240 e. The van der Waals surface area contributed by atoms with E-state index in [9.17, 15) is 0 Å². The summed E-state index contributed by atoms with van der Waals surface area (Å²) in [5, 5.41) is 15.2. The van der Waals surface area contributed by atoms with Gasteiger partial charge in [0.15, 0.2) is 5.82 Å². The molecule has 0 aliphatic carbocycles. The van der Waals surface area contributed by atoms with E-state index >= 15 is 0 Å². The van der Waals surface area contributed by atoms with Gasteiger partial charge in [-0.3, -0.25) is 0 Å². The fraction of sp³-hybridized carbons (Fsp3) is 0.143. The van der Waals surface area contributed by atoms with E-state index in [0.717, 1.165) is 4.47 Å². The minimum atomic E-state index is 0.322. The second-order valence-electron chi connectivity index (χ2n) is 2.50. The summed E-state index contributed by atoms with van der Waals surface area (Å²) >= 11 is 3.23. The molecule has 0 bridgehead atoms. The van der Waals surface area contributed by atoms with Gasteiger partial charge < -0.3 is 0 Å². The van der Waals surface area contributed by atoms with Crippen LogP contribution in [-0.4, -0.2) is 30.4 Å². The van der Waals surface area contributed by atoms with E-state index in [2.05, 4.69) is 46.3 Å². The summed E-state index contributed by atoms with van der Waals surface area (Å²) in [6, 6.07) is 0. The summed E-state index contributed by atoms with van der Waals surface area (Å²) in [4.78, 5) is 8.03. The number of aromatic nitrogens is 6. The SMILES string of the molecule is Cc1nnc(-c2ncc(Br)cn2)nn1. The monoisotopic (exact) mass is 252 g/mol. The summed E-state index contributed by atoms with van der Waals surface area (Å²) < 4.78 is 0.800. The molecule has 2 aromatic rings. The molecule has 0 aromatic carbocycles. The Hall–Kier alpha value is -1.50. The largest absolute Gasteiger partial charge is 0.240 e. The molecular formula is C7H5BrN6. The second-order valence-corrected chi connectivity index (χ2v) is 3.41. The van der Waals surface area contributed by atoms with Gasteiger partial charge in [0, 0.05) is 12.4 Å². The van der Waals surface area contributed by atoms with Crippen LogP contribution in [-0.2, 0) is 0 Å². The molecule has 2 heterocycles. The molecule has 7 heteroatoms. The maximum absolute atomic E-state index is 4.02. The van der Waals surface area contributed by atoms with Crippen molar-refractivity contribution >= 4 is 15.9 Å². The number of rotatable bonds is 1. The summed E-state index contributed by atoms with van der Waals surface area (Å²) in [5.41, 5.74) is 0. The van der Waals surface area contributed by atoms with E-state index in [1.165, 1.54) is 0 Å². The molecule has 0 radical (unpaired) electrons. The molecule has 70 valence electrons. The van der Waals surface area contributed by atoms with Gasteiger partial charge in [-0.2, -0.15) is 0 Å². The highest BCUT2D eigenvalue weighted by Gasteiger charge is 2.05. The Bertz CT molecular complexity index is 381. The minimum Gasteiger partial charge on any atom is -0.232 e. The summed E-state index contributed by atoms with van der Waals surface area (Å²) in [5.74, 6) is 1.25. The Balaban J connectivity index is 2.40. The molecule has 2 rings (SSSR count). The molecule has 0 fully saturated rings. The first-order valence-corrected chi connectivity index (χ1v) is 4.57. The summed E-state index contributed by atoms with van der Waals surface area (Å²) in [7, 11) is 0. The van der Waals surface area contributed by atoms with Gasteiger partial charge in [-0.15, -0.1) is 20.4 Å². The van der Waals surface area contributed by atoms with E-state index in [-0.39, 0.29) is 0 Å². The van der Waals surface area contributed by atoms with Crippen molar-refractivity contribution in [3.8, 4) is 11.6 Å². The Morgan fingerprint density at radius 3 is 2.07 bits per heavy atom. The third-order valence-corrected chi connectivity index (χ3v) is 1.81. The Morgan fingerprint density at radius 2 is 1.50 bits per heavy atom. The number of aryl methyl sites for hydroxylation is 1. The molecule has 0 saturated carbocycles. The van der Waals surface area contributed by atoms with Gasteiger partial charge in [-0.25, -0.2) is 9.97 Å².